The quantitative estimate of drug-likeness (QED) is 0.193. The van der Waals surface area contributed by atoms with Gasteiger partial charge in [-0.25, -0.2) is 0 Å². The van der Waals surface area contributed by atoms with Crippen LogP contribution in [0.3, 0.4) is 0 Å². The van der Waals surface area contributed by atoms with Gasteiger partial charge in [-0.2, -0.15) is 0 Å². The van der Waals surface area contributed by atoms with Crippen molar-refractivity contribution in [3.63, 3.8) is 0 Å². The average Bonchev–Trinajstić information content (AvgIpc) is 3.50. The summed E-state index contributed by atoms with van der Waals surface area (Å²) in [4.78, 5) is 0. The Labute approximate surface area is 294 Å². The van der Waals surface area contributed by atoms with E-state index in [-0.39, 0.29) is 22.2 Å². The zero-order valence-electron chi connectivity index (χ0n) is 32.2. The fraction of sp³-hybridized carbons (Fsp3) is 0.404. The smallest absolute Gasteiger partial charge is 0.0671 e. The number of allylic oxidation sites excluding steroid dienone is 3. The largest absolute Gasteiger partial charge is 0.0800 e. The van der Waals surface area contributed by atoms with Gasteiger partial charge in [0.2, 0.25) is 0 Å². The molecular formula is C47H57Si. The molecule has 1 radical (unpaired) electrons. The molecule has 0 N–H and O–H groups in total. The lowest BCUT2D eigenvalue weighted by molar-refractivity contribution is 0.569. The number of hydrogen-bond donors (Lipinski definition) is 0. The Balaban J connectivity index is 1.57. The molecular weight excluding hydrogens is 593 g/mol. The zero-order valence-corrected chi connectivity index (χ0v) is 33.2. The summed E-state index contributed by atoms with van der Waals surface area (Å²) in [6, 6.07) is 26.6. The summed E-state index contributed by atoms with van der Waals surface area (Å²) in [6.45, 7) is 33.0. The molecule has 0 heterocycles. The van der Waals surface area contributed by atoms with E-state index in [4.69, 9.17) is 0 Å². The highest BCUT2D eigenvalue weighted by molar-refractivity contribution is 6.72. The highest BCUT2D eigenvalue weighted by Gasteiger charge is 2.37. The monoisotopic (exact) mass is 649 g/mol. The molecule has 1 atom stereocenters. The van der Waals surface area contributed by atoms with Crippen LogP contribution in [0, 0.1) is 6.92 Å². The Kier molecular flexibility index (Phi) is 8.52. The molecule has 0 saturated heterocycles. The minimum atomic E-state index is -0.704. The van der Waals surface area contributed by atoms with Gasteiger partial charge in [-0.05, 0) is 116 Å². The summed E-state index contributed by atoms with van der Waals surface area (Å²) in [6.07, 6.45) is 3.56. The Morgan fingerprint density at radius 2 is 1.19 bits per heavy atom. The number of benzene rings is 4. The van der Waals surface area contributed by atoms with Gasteiger partial charge in [-0.3, -0.25) is 0 Å². The van der Waals surface area contributed by atoms with E-state index in [1.807, 2.05) is 0 Å². The third kappa shape index (κ3) is 6.02. The standard InChI is InChI=1S/C47H57Si/c1-28-15-21-37(33-25-35(46(7,8)9)27-36(26-33)47(10,11)12)38-24-30(3)41(40(28)38)42-29(2)23-32-18-22-39(48(13)14)43(44(32)42)31-16-19-34(20-17-31)45(4,5)6/h15-22,24-27,41H,23H2,1-14H3. The Bertz CT molecular complexity index is 1940. The van der Waals surface area contributed by atoms with Crippen molar-refractivity contribution in [2.45, 2.75) is 125 Å². The first-order chi connectivity index (χ1) is 22.3. The van der Waals surface area contributed by atoms with Crippen molar-refractivity contribution < 1.29 is 0 Å². The Morgan fingerprint density at radius 1 is 0.604 bits per heavy atom. The van der Waals surface area contributed by atoms with Gasteiger partial charge in [0.15, 0.2) is 0 Å². The first-order valence-corrected chi connectivity index (χ1v) is 20.5. The fourth-order valence-electron chi connectivity index (χ4n) is 8.03. The third-order valence-electron chi connectivity index (χ3n) is 10.9. The van der Waals surface area contributed by atoms with E-state index in [9.17, 15) is 0 Å². The van der Waals surface area contributed by atoms with Gasteiger partial charge in [-0.1, -0.05) is 165 Å². The van der Waals surface area contributed by atoms with Crippen LogP contribution in [0.2, 0.25) is 13.1 Å². The molecule has 4 aromatic rings. The summed E-state index contributed by atoms with van der Waals surface area (Å²) < 4.78 is 0. The molecule has 0 fully saturated rings. The molecule has 249 valence electrons. The SMILES string of the molecule is CC1=Cc2c(-c3cc(C(C)(C)C)cc(C(C)(C)C)c3)ccc(C)c2C1C1=C(C)Cc2ccc([Si](C)C)c(-c3ccc(C(C)(C)C)cc3)c21. The molecule has 1 heteroatoms. The summed E-state index contributed by atoms with van der Waals surface area (Å²) >= 11 is 0. The fourth-order valence-corrected chi connectivity index (χ4v) is 9.22. The molecule has 4 aromatic carbocycles. The third-order valence-corrected chi connectivity index (χ3v) is 12.4. The second-order valence-electron chi connectivity index (χ2n) is 18.1. The van der Waals surface area contributed by atoms with Crippen molar-refractivity contribution in [2.75, 3.05) is 0 Å². The van der Waals surface area contributed by atoms with Crippen molar-refractivity contribution in [3.8, 4) is 22.3 Å². The van der Waals surface area contributed by atoms with Crippen LogP contribution in [0.1, 0.15) is 127 Å². The van der Waals surface area contributed by atoms with E-state index in [2.05, 4.69) is 169 Å². The van der Waals surface area contributed by atoms with Gasteiger partial charge < -0.3 is 0 Å². The average molecular weight is 650 g/mol. The van der Waals surface area contributed by atoms with Crippen molar-refractivity contribution in [1.29, 1.82) is 0 Å². The maximum Gasteiger partial charge on any atom is 0.0800 e. The molecule has 0 amide bonds. The lowest BCUT2D eigenvalue weighted by Crippen LogP contribution is -2.26. The highest BCUT2D eigenvalue weighted by Crippen LogP contribution is 2.54. The number of rotatable bonds is 4. The van der Waals surface area contributed by atoms with Crippen molar-refractivity contribution >= 4 is 25.6 Å². The van der Waals surface area contributed by atoms with Gasteiger partial charge in [0.05, 0.1) is 8.80 Å². The second-order valence-corrected chi connectivity index (χ2v) is 20.6. The molecule has 0 aromatic heterocycles. The molecule has 48 heavy (non-hydrogen) atoms. The molecule has 0 nitrogen and oxygen atoms in total. The van der Waals surface area contributed by atoms with Gasteiger partial charge >= 0.3 is 0 Å². The van der Waals surface area contributed by atoms with Crippen LogP contribution in [0.15, 0.2) is 77.9 Å². The van der Waals surface area contributed by atoms with E-state index >= 15 is 0 Å². The molecule has 0 aliphatic heterocycles. The highest BCUT2D eigenvalue weighted by atomic mass is 28.3. The minimum absolute atomic E-state index is 0.0751. The van der Waals surface area contributed by atoms with E-state index in [0.717, 1.165) is 6.42 Å². The zero-order chi connectivity index (χ0) is 35.1. The van der Waals surface area contributed by atoms with Crippen LogP contribution >= 0.6 is 0 Å². The second kappa shape index (κ2) is 11.9. The summed E-state index contributed by atoms with van der Waals surface area (Å²) in [7, 11) is -0.704. The van der Waals surface area contributed by atoms with E-state index in [1.165, 1.54) is 77.9 Å². The van der Waals surface area contributed by atoms with Crippen LogP contribution in [0.5, 0.6) is 0 Å². The molecule has 0 bridgehead atoms. The van der Waals surface area contributed by atoms with Gasteiger partial charge in [0.25, 0.3) is 0 Å². The topological polar surface area (TPSA) is 0 Å². The molecule has 0 saturated carbocycles. The van der Waals surface area contributed by atoms with E-state index < -0.39 is 8.80 Å². The molecule has 0 spiro atoms. The van der Waals surface area contributed by atoms with Crippen molar-refractivity contribution in [3.05, 3.63) is 122 Å². The van der Waals surface area contributed by atoms with Gasteiger partial charge in [0.1, 0.15) is 0 Å². The van der Waals surface area contributed by atoms with Crippen LogP contribution in [0.4, 0.5) is 0 Å². The maximum atomic E-state index is 2.53. The number of fused-ring (bicyclic) bond motifs is 2. The van der Waals surface area contributed by atoms with Crippen molar-refractivity contribution in [1.82, 2.24) is 0 Å². The predicted octanol–water partition coefficient (Wildman–Crippen LogP) is 12.7. The molecule has 6 rings (SSSR count). The van der Waals surface area contributed by atoms with Crippen LogP contribution in [0.25, 0.3) is 33.9 Å². The Morgan fingerprint density at radius 3 is 1.73 bits per heavy atom. The normalized spacial score (nSPS) is 16.5. The summed E-state index contributed by atoms with van der Waals surface area (Å²) in [5.41, 5.74) is 21.9. The summed E-state index contributed by atoms with van der Waals surface area (Å²) in [5.74, 6) is 0.265. The summed E-state index contributed by atoms with van der Waals surface area (Å²) in [5, 5.41) is 1.55. The van der Waals surface area contributed by atoms with Crippen LogP contribution in [-0.4, -0.2) is 8.80 Å². The Hall–Kier alpha value is -3.42. The minimum Gasteiger partial charge on any atom is -0.0671 e. The number of hydrogen-bond acceptors (Lipinski definition) is 0. The first kappa shape index (κ1) is 34.4. The van der Waals surface area contributed by atoms with Crippen molar-refractivity contribution in [2.24, 2.45) is 0 Å². The maximum absolute atomic E-state index is 2.53. The molecule has 2 aliphatic rings. The number of aryl methyl sites for hydroxylation is 1. The predicted molar refractivity (Wildman–Crippen MR) is 214 cm³/mol. The van der Waals surface area contributed by atoms with Gasteiger partial charge in [0, 0.05) is 5.92 Å². The molecule has 2 aliphatic carbocycles. The van der Waals surface area contributed by atoms with E-state index in [1.54, 1.807) is 10.8 Å². The first-order valence-electron chi connectivity index (χ1n) is 18.0. The van der Waals surface area contributed by atoms with Gasteiger partial charge in [-0.15, -0.1) is 0 Å². The van der Waals surface area contributed by atoms with Crippen LogP contribution in [-0.2, 0) is 22.7 Å². The lowest BCUT2D eigenvalue weighted by atomic mass is 9.77. The lowest BCUT2D eigenvalue weighted by Gasteiger charge is -2.27. The van der Waals surface area contributed by atoms with E-state index in [0.29, 0.717) is 0 Å². The van der Waals surface area contributed by atoms with Crippen LogP contribution < -0.4 is 5.19 Å². The molecule has 1 unspecified atom stereocenters.